The number of nitrogens with zero attached hydrogens (tertiary/aromatic N) is 1. The first kappa shape index (κ1) is 29.2. The van der Waals surface area contributed by atoms with Gasteiger partial charge >= 0.3 is 5.63 Å². The predicted octanol–water partition coefficient (Wildman–Crippen LogP) is 8.40. The lowest BCUT2D eigenvalue weighted by atomic mass is 9.98. The molecule has 0 spiro atoms. The quantitative estimate of drug-likeness (QED) is 0.155. The highest BCUT2D eigenvalue weighted by molar-refractivity contribution is 6.21. The standard InChI is InChI=1S/C36H37NO7/c1-19(2)41-24-11-9-22-13-14-37-34(25(22)16-24)32(23-10-12-27(42-20(3)4)29(15-23)39-7)33-26-17-30(40-8)31(43-21(5)6)18-28(26)44-36(38)35(33)37/h9-21H,1-8H3. The minimum absolute atomic E-state index is 0.000908. The summed E-state index contributed by atoms with van der Waals surface area (Å²) in [5.74, 6) is 3.01. The summed E-state index contributed by atoms with van der Waals surface area (Å²) in [5, 5.41) is 3.38. The van der Waals surface area contributed by atoms with Crippen molar-refractivity contribution in [3.63, 3.8) is 0 Å². The molecule has 0 aliphatic heterocycles. The SMILES string of the molecule is COc1cc(-c2c3c4cc(OC)c(OC(C)C)cc4oc(=O)c3n3ccc4ccc(OC(C)C)cc4c23)ccc1OC(C)C. The van der Waals surface area contributed by atoms with Crippen molar-refractivity contribution < 1.29 is 28.1 Å². The van der Waals surface area contributed by atoms with E-state index in [0.717, 1.165) is 43.9 Å². The maximum atomic E-state index is 13.9. The van der Waals surface area contributed by atoms with Crippen LogP contribution in [0.2, 0.25) is 0 Å². The van der Waals surface area contributed by atoms with Gasteiger partial charge in [0.15, 0.2) is 23.0 Å². The highest BCUT2D eigenvalue weighted by atomic mass is 16.5. The van der Waals surface area contributed by atoms with E-state index in [0.29, 0.717) is 34.1 Å². The second-order valence-electron chi connectivity index (χ2n) is 11.6. The molecule has 6 rings (SSSR count). The molecule has 3 aromatic carbocycles. The maximum Gasteiger partial charge on any atom is 0.361 e. The van der Waals surface area contributed by atoms with E-state index in [1.807, 2.05) is 101 Å². The third-order valence-electron chi connectivity index (χ3n) is 7.37. The van der Waals surface area contributed by atoms with Crippen LogP contribution in [0, 0.1) is 0 Å². The number of hydrogen-bond donors (Lipinski definition) is 0. The van der Waals surface area contributed by atoms with Gasteiger partial charge in [0.2, 0.25) is 0 Å². The highest BCUT2D eigenvalue weighted by Gasteiger charge is 2.25. The van der Waals surface area contributed by atoms with Crippen molar-refractivity contribution in [1.82, 2.24) is 4.40 Å². The minimum Gasteiger partial charge on any atom is -0.493 e. The van der Waals surface area contributed by atoms with Gasteiger partial charge in [-0.15, -0.1) is 0 Å². The van der Waals surface area contributed by atoms with Crippen LogP contribution in [-0.4, -0.2) is 36.9 Å². The molecule has 0 amide bonds. The van der Waals surface area contributed by atoms with Crippen molar-refractivity contribution in [3.05, 3.63) is 71.2 Å². The number of aromatic nitrogens is 1. The van der Waals surface area contributed by atoms with E-state index in [9.17, 15) is 4.79 Å². The Kier molecular flexibility index (Phi) is 7.53. The van der Waals surface area contributed by atoms with Crippen molar-refractivity contribution in [2.75, 3.05) is 14.2 Å². The summed E-state index contributed by atoms with van der Waals surface area (Å²) in [4.78, 5) is 13.9. The van der Waals surface area contributed by atoms with Gasteiger partial charge in [0.25, 0.3) is 0 Å². The molecule has 0 saturated carbocycles. The molecule has 3 heterocycles. The fourth-order valence-electron chi connectivity index (χ4n) is 5.78. The summed E-state index contributed by atoms with van der Waals surface area (Å²) in [6.45, 7) is 11.8. The van der Waals surface area contributed by atoms with E-state index < -0.39 is 5.63 Å². The number of pyridine rings is 1. The minimum atomic E-state index is -0.463. The first-order valence-corrected chi connectivity index (χ1v) is 14.8. The van der Waals surface area contributed by atoms with Crippen LogP contribution >= 0.6 is 0 Å². The van der Waals surface area contributed by atoms with Crippen molar-refractivity contribution in [1.29, 1.82) is 0 Å². The molecule has 6 aromatic rings. The predicted molar refractivity (Wildman–Crippen MR) is 174 cm³/mol. The number of methoxy groups -OCH3 is 2. The van der Waals surface area contributed by atoms with E-state index in [4.69, 9.17) is 28.1 Å². The van der Waals surface area contributed by atoms with Crippen LogP contribution < -0.4 is 29.3 Å². The third-order valence-corrected chi connectivity index (χ3v) is 7.37. The molecule has 0 fully saturated rings. The highest BCUT2D eigenvalue weighted by Crippen LogP contribution is 2.45. The number of hydrogen-bond acceptors (Lipinski definition) is 7. The Balaban J connectivity index is 1.81. The first-order valence-electron chi connectivity index (χ1n) is 14.8. The van der Waals surface area contributed by atoms with E-state index in [1.54, 1.807) is 20.3 Å². The van der Waals surface area contributed by atoms with Crippen LogP contribution in [0.15, 0.2) is 70.0 Å². The Morgan fingerprint density at radius 2 is 1.34 bits per heavy atom. The normalized spacial score (nSPS) is 11.9. The average Bonchev–Trinajstić information content (AvgIpc) is 3.33. The number of ether oxygens (including phenoxy) is 5. The lowest BCUT2D eigenvalue weighted by molar-refractivity contribution is 0.230. The topological polar surface area (TPSA) is 80.8 Å². The summed E-state index contributed by atoms with van der Waals surface area (Å²) in [6, 6.07) is 17.5. The fourth-order valence-corrected chi connectivity index (χ4v) is 5.78. The zero-order valence-electron chi connectivity index (χ0n) is 26.3. The van der Waals surface area contributed by atoms with Gasteiger partial charge in [0, 0.05) is 34.0 Å². The van der Waals surface area contributed by atoms with Gasteiger partial charge in [-0.05, 0) is 88.9 Å². The van der Waals surface area contributed by atoms with Crippen LogP contribution in [0.5, 0.6) is 28.7 Å². The molecule has 3 aromatic heterocycles. The van der Waals surface area contributed by atoms with Crippen LogP contribution in [0.1, 0.15) is 41.5 Å². The Bertz CT molecular complexity index is 2090. The average molecular weight is 596 g/mol. The molecule has 0 N–H and O–H groups in total. The van der Waals surface area contributed by atoms with Crippen LogP contribution in [-0.2, 0) is 0 Å². The molecule has 8 heteroatoms. The second-order valence-corrected chi connectivity index (χ2v) is 11.6. The summed E-state index contributed by atoms with van der Waals surface area (Å²) in [6.07, 6.45) is 1.78. The summed E-state index contributed by atoms with van der Waals surface area (Å²) in [5.41, 5.74) is 2.89. The molecule has 0 saturated heterocycles. The van der Waals surface area contributed by atoms with E-state index >= 15 is 0 Å². The summed E-state index contributed by atoms with van der Waals surface area (Å²) in [7, 11) is 3.22. The van der Waals surface area contributed by atoms with Crippen LogP contribution in [0.3, 0.4) is 0 Å². The molecule has 228 valence electrons. The Hall–Kier alpha value is -4.85. The van der Waals surface area contributed by atoms with Crippen molar-refractivity contribution in [3.8, 4) is 39.9 Å². The van der Waals surface area contributed by atoms with Crippen molar-refractivity contribution in [2.24, 2.45) is 0 Å². The first-order chi connectivity index (χ1) is 21.1. The van der Waals surface area contributed by atoms with Gasteiger partial charge in [-0.2, -0.15) is 0 Å². The van der Waals surface area contributed by atoms with Crippen molar-refractivity contribution in [2.45, 2.75) is 59.9 Å². The van der Waals surface area contributed by atoms with E-state index in [1.165, 1.54) is 0 Å². The van der Waals surface area contributed by atoms with Gasteiger partial charge in [-0.25, -0.2) is 4.79 Å². The molecule has 0 radical (unpaired) electrons. The molecule has 0 aliphatic rings. The monoisotopic (exact) mass is 595 g/mol. The second kappa shape index (κ2) is 11.3. The third kappa shape index (κ3) is 5.04. The van der Waals surface area contributed by atoms with Crippen molar-refractivity contribution >= 4 is 38.2 Å². The Labute approximate surface area is 255 Å². The molecular weight excluding hydrogens is 558 g/mol. The summed E-state index contributed by atoms with van der Waals surface area (Å²) >= 11 is 0. The number of rotatable bonds is 9. The van der Waals surface area contributed by atoms with Gasteiger partial charge in [0.1, 0.15) is 16.8 Å². The fraction of sp³-hybridized carbons (Fsp3) is 0.306. The van der Waals surface area contributed by atoms with E-state index in [2.05, 4.69) is 0 Å². The zero-order valence-corrected chi connectivity index (χ0v) is 26.3. The Morgan fingerprint density at radius 3 is 2.02 bits per heavy atom. The van der Waals surface area contributed by atoms with Gasteiger partial charge in [-0.1, -0.05) is 12.1 Å². The van der Waals surface area contributed by atoms with Gasteiger partial charge < -0.3 is 32.5 Å². The smallest absolute Gasteiger partial charge is 0.361 e. The Morgan fingerprint density at radius 1 is 0.659 bits per heavy atom. The molecule has 0 atom stereocenters. The number of benzene rings is 3. The largest absolute Gasteiger partial charge is 0.493 e. The molecular formula is C36H37NO7. The lowest BCUT2D eigenvalue weighted by Gasteiger charge is -2.16. The zero-order chi connectivity index (χ0) is 31.3. The summed E-state index contributed by atoms with van der Waals surface area (Å²) < 4.78 is 37.6. The van der Waals surface area contributed by atoms with Crippen LogP contribution in [0.25, 0.3) is 49.3 Å². The molecule has 0 aliphatic carbocycles. The molecule has 0 unspecified atom stereocenters. The van der Waals surface area contributed by atoms with Gasteiger partial charge in [-0.3, -0.25) is 0 Å². The number of fused-ring (bicyclic) bond motifs is 7. The van der Waals surface area contributed by atoms with Crippen LogP contribution in [0.4, 0.5) is 0 Å². The lowest BCUT2D eigenvalue weighted by Crippen LogP contribution is -2.07. The molecule has 8 nitrogen and oxygen atoms in total. The van der Waals surface area contributed by atoms with Gasteiger partial charge in [0.05, 0.1) is 38.0 Å². The molecule has 0 bridgehead atoms. The van der Waals surface area contributed by atoms with E-state index in [-0.39, 0.29) is 18.3 Å². The molecule has 44 heavy (non-hydrogen) atoms. The maximum absolute atomic E-state index is 13.9.